The van der Waals surface area contributed by atoms with Gasteiger partial charge in [0.25, 0.3) is 0 Å². The van der Waals surface area contributed by atoms with Gasteiger partial charge in [-0.15, -0.1) is 0 Å². The van der Waals surface area contributed by atoms with E-state index in [9.17, 15) is 19.2 Å². The number of carbonyl (C=O) groups excluding carboxylic acids is 4. The van der Waals surface area contributed by atoms with E-state index >= 15 is 0 Å². The minimum atomic E-state index is -0.959. The molecule has 0 radical (unpaired) electrons. The molecular formula is C24H27NO7. The van der Waals surface area contributed by atoms with Crippen LogP contribution in [0.5, 0.6) is 0 Å². The first-order chi connectivity index (χ1) is 15.2. The summed E-state index contributed by atoms with van der Waals surface area (Å²) in [7, 11) is 2.54. The van der Waals surface area contributed by atoms with E-state index in [1.54, 1.807) is 38.1 Å². The third-order valence-corrected chi connectivity index (χ3v) is 5.90. The molecule has 1 aliphatic carbocycles. The van der Waals surface area contributed by atoms with E-state index in [1.807, 2.05) is 6.92 Å². The van der Waals surface area contributed by atoms with E-state index in [0.29, 0.717) is 40.1 Å². The number of methoxy groups -OCH3 is 2. The summed E-state index contributed by atoms with van der Waals surface area (Å²) in [5, 5.41) is 3.20. The second kappa shape index (κ2) is 9.38. The van der Waals surface area contributed by atoms with Crippen molar-refractivity contribution in [1.29, 1.82) is 0 Å². The Bertz CT molecular complexity index is 1020. The molecule has 3 atom stereocenters. The third-order valence-electron chi connectivity index (χ3n) is 5.90. The Morgan fingerprint density at radius 1 is 1.06 bits per heavy atom. The molecule has 32 heavy (non-hydrogen) atoms. The molecule has 1 N–H and O–H groups in total. The molecule has 0 bridgehead atoms. The summed E-state index contributed by atoms with van der Waals surface area (Å²) >= 11 is 0. The van der Waals surface area contributed by atoms with Gasteiger partial charge >= 0.3 is 17.9 Å². The van der Waals surface area contributed by atoms with Gasteiger partial charge in [0.05, 0.1) is 32.0 Å². The van der Waals surface area contributed by atoms with Crippen LogP contribution in [0.25, 0.3) is 0 Å². The van der Waals surface area contributed by atoms with E-state index < -0.39 is 29.7 Å². The molecular weight excluding hydrogens is 414 g/mol. The van der Waals surface area contributed by atoms with Gasteiger partial charge in [-0.25, -0.2) is 9.59 Å². The van der Waals surface area contributed by atoms with Crippen LogP contribution in [0, 0.1) is 11.8 Å². The van der Waals surface area contributed by atoms with Crippen LogP contribution in [0.2, 0.25) is 0 Å². The molecule has 3 unspecified atom stereocenters. The second-order valence-electron chi connectivity index (χ2n) is 7.87. The van der Waals surface area contributed by atoms with Crippen LogP contribution in [0.1, 0.15) is 49.0 Å². The Hall–Kier alpha value is -3.42. The van der Waals surface area contributed by atoms with Crippen LogP contribution >= 0.6 is 0 Å². The molecule has 8 nitrogen and oxygen atoms in total. The van der Waals surface area contributed by atoms with Gasteiger partial charge in [0.1, 0.15) is 5.92 Å². The number of esters is 3. The number of nitrogens with one attached hydrogen (secondary N) is 1. The van der Waals surface area contributed by atoms with Gasteiger partial charge in [-0.05, 0) is 43.9 Å². The average Bonchev–Trinajstić information content (AvgIpc) is 2.77. The van der Waals surface area contributed by atoms with Crippen LogP contribution in [-0.2, 0) is 28.6 Å². The molecule has 3 rings (SSSR count). The minimum Gasteiger partial charge on any atom is -0.468 e. The van der Waals surface area contributed by atoms with Crippen LogP contribution in [0.15, 0.2) is 46.8 Å². The highest BCUT2D eigenvalue weighted by molar-refractivity contribution is 6.12. The molecule has 1 aromatic rings. The van der Waals surface area contributed by atoms with Gasteiger partial charge in [0.2, 0.25) is 0 Å². The first kappa shape index (κ1) is 23.2. The molecule has 1 aliphatic heterocycles. The van der Waals surface area contributed by atoms with Crippen LogP contribution in [0.3, 0.4) is 0 Å². The van der Waals surface area contributed by atoms with Crippen molar-refractivity contribution in [1.82, 2.24) is 5.32 Å². The quantitative estimate of drug-likeness (QED) is 0.422. The summed E-state index contributed by atoms with van der Waals surface area (Å²) in [4.78, 5) is 50.7. The average molecular weight is 441 g/mol. The maximum atomic E-state index is 13.6. The van der Waals surface area contributed by atoms with Crippen molar-refractivity contribution in [3.05, 3.63) is 57.9 Å². The molecule has 0 amide bonds. The van der Waals surface area contributed by atoms with Gasteiger partial charge in [-0.1, -0.05) is 19.1 Å². The Morgan fingerprint density at radius 3 is 2.28 bits per heavy atom. The van der Waals surface area contributed by atoms with Crippen molar-refractivity contribution in [2.75, 3.05) is 20.8 Å². The molecule has 0 saturated carbocycles. The highest BCUT2D eigenvalue weighted by atomic mass is 16.5. The Kier molecular flexibility index (Phi) is 6.81. The maximum absolute atomic E-state index is 13.6. The van der Waals surface area contributed by atoms with Gasteiger partial charge in [-0.2, -0.15) is 0 Å². The fourth-order valence-corrected chi connectivity index (χ4v) is 4.42. The highest BCUT2D eigenvalue weighted by Crippen LogP contribution is 2.45. The lowest BCUT2D eigenvalue weighted by Crippen LogP contribution is -2.43. The molecule has 1 aromatic carbocycles. The number of benzene rings is 1. The number of rotatable bonds is 5. The summed E-state index contributed by atoms with van der Waals surface area (Å²) in [6.45, 7) is 5.46. The lowest BCUT2D eigenvalue weighted by Gasteiger charge is -2.38. The van der Waals surface area contributed by atoms with E-state index in [2.05, 4.69) is 5.32 Å². The normalized spacial score (nSPS) is 22.7. The maximum Gasteiger partial charge on any atom is 0.337 e. The molecule has 170 valence electrons. The second-order valence-corrected chi connectivity index (χ2v) is 7.87. The Balaban J connectivity index is 2.17. The number of hydrogen-bond donors (Lipinski definition) is 1. The van der Waals surface area contributed by atoms with E-state index in [0.717, 1.165) is 0 Å². The molecule has 1 heterocycles. The number of dihydropyridines is 1. The van der Waals surface area contributed by atoms with Gasteiger partial charge in [0, 0.05) is 22.9 Å². The van der Waals surface area contributed by atoms with Crippen molar-refractivity contribution in [2.45, 2.75) is 33.1 Å². The van der Waals surface area contributed by atoms with Crippen molar-refractivity contribution < 1.29 is 33.4 Å². The Labute approximate surface area is 186 Å². The number of Topliss-reactive ketones (excluding diaryl/α,β-unsaturated/α-hetero) is 1. The third kappa shape index (κ3) is 4.04. The first-order valence-corrected chi connectivity index (χ1v) is 10.4. The monoisotopic (exact) mass is 441 g/mol. The zero-order chi connectivity index (χ0) is 23.6. The van der Waals surface area contributed by atoms with E-state index in [1.165, 1.54) is 14.2 Å². The predicted molar refractivity (Wildman–Crippen MR) is 114 cm³/mol. The smallest absolute Gasteiger partial charge is 0.337 e. The summed E-state index contributed by atoms with van der Waals surface area (Å²) < 4.78 is 14.9. The fourth-order valence-electron chi connectivity index (χ4n) is 4.42. The number of ether oxygens (including phenoxy) is 3. The van der Waals surface area contributed by atoms with Gasteiger partial charge in [0.15, 0.2) is 5.78 Å². The number of carbonyl (C=O) groups is 4. The number of allylic oxidation sites excluding steroid dienone is 3. The van der Waals surface area contributed by atoms with Crippen LogP contribution in [-0.4, -0.2) is 44.5 Å². The van der Waals surface area contributed by atoms with Crippen molar-refractivity contribution >= 4 is 23.7 Å². The van der Waals surface area contributed by atoms with Gasteiger partial charge < -0.3 is 19.5 Å². The first-order valence-electron chi connectivity index (χ1n) is 10.4. The summed E-state index contributed by atoms with van der Waals surface area (Å²) in [5.74, 6) is -3.99. The molecule has 0 aromatic heterocycles. The van der Waals surface area contributed by atoms with Crippen LogP contribution in [0.4, 0.5) is 0 Å². The van der Waals surface area contributed by atoms with Crippen LogP contribution < -0.4 is 5.32 Å². The predicted octanol–water partition coefficient (Wildman–Crippen LogP) is 2.65. The summed E-state index contributed by atoms with van der Waals surface area (Å²) in [6.07, 6.45) is 0.449. The molecule has 0 fully saturated rings. The lowest BCUT2D eigenvalue weighted by molar-refractivity contribution is -0.151. The standard InChI is InChI=1S/C24H27NO7/c1-6-32-24(29)18-13(3)25-16-11-12(2)17(23(28)31-5)21(26)20(16)19(18)14-7-9-15(10-8-14)22(27)30-4/h7-10,12,17,19,25H,6,11H2,1-5H3. The summed E-state index contributed by atoms with van der Waals surface area (Å²) in [5.41, 5.74) is 2.87. The zero-order valence-corrected chi connectivity index (χ0v) is 18.8. The zero-order valence-electron chi connectivity index (χ0n) is 18.8. The largest absolute Gasteiger partial charge is 0.468 e. The topological polar surface area (TPSA) is 108 Å². The minimum absolute atomic E-state index is 0.172. The molecule has 0 spiro atoms. The van der Waals surface area contributed by atoms with E-state index in [-0.39, 0.29) is 18.3 Å². The highest BCUT2D eigenvalue weighted by Gasteiger charge is 2.47. The lowest BCUT2D eigenvalue weighted by atomic mass is 9.69. The summed E-state index contributed by atoms with van der Waals surface area (Å²) in [6, 6.07) is 6.51. The molecule has 8 heteroatoms. The molecule has 0 saturated heterocycles. The number of hydrogen-bond acceptors (Lipinski definition) is 8. The fraction of sp³-hybridized carbons (Fsp3) is 0.417. The van der Waals surface area contributed by atoms with E-state index in [4.69, 9.17) is 14.2 Å². The molecule has 2 aliphatic rings. The van der Waals surface area contributed by atoms with Crippen molar-refractivity contribution in [3.63, 3.8) is 0 Å². The van der Waals surface area contributed by atoms with Gasteiger partial charge in [-0.3, -0.25) is 9.59 Å². The van der Waals surface area contributed by atoms with Crippen molar-refractivity contribution in [2.24, 2.45) is 11.8 Å². The van der Waals surface area contributed by atoms with Crippen molar-refractivity contribution in [3.8, 4) is 0 Å². The number of ketones is 1. The Morgan fingerprint density at radius 2 is 1.72 bits per heavy atom. The SMILES string of the molecule is CCOC(=O)C1=C(C)NC2=C(C(=O)C(C(=O)OC)C(C)C2)C1c1ccc(C(=O)OC)cc1.